The predicted octanol–water partition coefficient (Wildman–Crippen LogP) is 0.473. The van der Waals surface area contributed by atoms with Gasteiger partial charge in [0.05, 0.1) is 38.3 Å². The average molecular weight is 585 g/mol. The summed E-state index contributed by atoms with van der Waals surface area (Å²) in [5, 5.41) is 18.1. The number of carboxylic acids is 1. The second-order valence-corrected chi connectivity index (χ2v) is 9.29. The number of hydrogen-bond donors (Lipinski definition) is 6. The lowest BCUT2D eigenvalue weighted by molar-refractivity contribution is -0.139. The molecule has 226 valence electrons. The fourth-order valence-electron chi connectivity index (χ4n) is 3.79. The number of carboxylic acid groups (broad SMARTS) is 1. The Balaban J connectivity index is 1.40. The van der Waals surface area contributed by atoms with Gasteiger partial charge < -0.3 is 36.3 Å². The second-order valence-electron chi connectivity index (χ2n) is 9.29. The summed E-state index contributed by atoms with van der Waals surface area (Å²) in [4.78, 5) is 63.2. The minimum absolute atomic E-state index is 0.0164. The number of benzene rings is 1. The van der Waals surface area contributed by atoms with Crippen molar-refractivity contribution in [1.82, 2.24) is 30.6 Å². The second kappa shape index (κ2) is 16.7. The number of fused-ring (bicyclic) bond motifs is 1. The van der Waals surface area contributed by atoms with Crippen LogP contribution in [0.25, 0.3) is 11.2 Å². The molecule has 2 aromatic heterocycles. The largest absolute Gasteiger partial charge is 0.480 e. The van der Waals surface area contributed by atoms with Crippen LogP contribution >= 0.6 is 0 Å². The number of nitrogens with zero attached hydrogens (tertiary/aromatic N) is 3. The van der Waals surface area contributed by atoms with E-state index in [1.807, 2.05) is 7.05 Å². The Bertz CT molecular complexity index is 1400. The number of rotatable bonds is 19. The predicted molar refractivity (Wildman–Crippen MR) is 154 cm³/mol. The minimum Gasteiger partial charge on any atom is -0.480 e. The molecule has 0 saturated heterocycles. The number of nitrogens with two attached hydrogens (primary N) is 1. The number of ether oxygens (including phenoxy) is 2. The van der Waals surface area contributed by atoms with Crippen molar-refractivity contribution >= 4 is 40.5 Å². The molecule has 0 unspecified atom stereocenters. The first-order chi connectivity index (χ1) is 20.3. The normalized spacial score (nSPS) is 11.7. The van der Waals surface area contributed by atoms with Gasteiger partial charge in [0.25, 0.3) is 11.5 Å². The number of aromatic nitrogens is 4. The Morgan fingerprint density at radius 1 is 1.05 bits per heavy atom. The van der Waals surface area contributed by atoms with E-state index in [1.54, 1.807) is 12.1 Å². The molecule has 1 atom stereocenters. The van der Waals surface area contributed by atoms with Gasteiger partial charge in [0, 0.05) is 37.2 Å². The quantitative estimate of drug-likeness (QED) is 0.106. The highest BCUT2D eigenvalue weighted by Crippen LogP contribution is 2.13. The van der Waals surface area contributed by atoms with Crippen molar-refractivity contribution in [3.8, 4) is 0 Å². The summed E-state index contributed by atoms with van der Waals surface area (Å²) >= 11 is 0. The van der Waals surface area contributed by atoms with Gasteiger partial charge in [-0.1, -0.05) is 0 Å². The van der Waals surface area contributed by atoms with Crippen LogP contribution in [0.5, 0.6) is 0 Å². The van der Waals surface area contributed by atoms with E-state index in [0.717, 1.165) is 6.54 Å². The molecule has 3 aromatic rings. The van der Waals surface area contributed by atoms with Crippen LogP contribution in [0.1, 0.15) is 41.7 Å². The molecule has 0 spiro atoms. The number of carbonyl (C=O) groups excluding carboxylic acids is 2. The smallest absolute Gasteiger partial charge is 0.326 e. The minimum atomic E-state index is -1.22. The van der Waals surface area contributed by atoms with E-state index >= 15 is 0 Å². The SMILES string of the molecule is CNCCOCCOCCCC(=O)CC[C@H](NC(=O)c1ccc(NCc2cnc3nc(N)[nH]c(=O)c3n2)cc1)C(=O)O. The van der Waals surface area contributed by atoms with Crippen LogP contribution in [0.4, 0.5) is 11.6 Å². The maximum atomic E-state index is 12.7. The Labute approximate surface area is 241 Å². The van der Waals surface area contributed by atoms with Gasteiger partial charge in [0.15, 0.2) is 11.2 Å². The van der Waals surface area contributed by atoms with Crippen molar-refractivity contribution in [3.63, 3.8) is 0 Å². The lowest BCUT2D eigenvalue weighted by Gasteiger charge is -2.14. The summed E-state index contributed by atoms with van der Waals surface area (Å²) in [6, 6.07) is 5.17. The zero-order chi connectivity index (χ0) is 30.3. The summed E-state index contributed by atoms with van der Waals surface area (Å²) in [5.41, 5.74) is 6.63. The van der Waals surface area contributed by atoms with Crippen molar-refractivity contribution in [1.29, 1.82) is 0 Å². The number of carbonyl (C=O) groups is 3. The van der Waals surface area contributed by atoms with Crippen molar-refractivity contribution in [2.45, 2.75) is 38.3 Å². The number of amides is 1. The van der Waals surface area contributed by atoms with E-state index in [0.29, 0.717) is 44.2 Å². The van der Waals surface area contributed by atoms with Crippen LogP contribution in [-0.4, -0.2) is 88.8 Å². The molecule has 1 aromatic carbocycles. The van der Waals surface area contributed by atoms with Gasteiger partial charge in [-0.2, -0.15) is 4.98 Å². The molecular weight excluding hydrogens is 548 g/mol. The lowest BCUT2D eigenvalue weighted by atomic mass is 10.1. The van der Waals surface area contributed by atoms with Crippen LogP contribution in [-0.2, 0) is 25.6 Å². The number of H-pyrrole nitrogens is 1. The molecule has 0 bridgehead atoms. The van der Waals surface area contributed by atoms with Crippen LogP contribution in [0.15, 0.2) is 35.3 Å². The highest BCUT2D eigenvalue weighted by Gasteiger charge is 2.21. The molecule has 0 aliphatic carbocycles. The molecular formula is C27H36N8O7. The van der Waals surface area contributed by atoms with Crippen LogP contribution in [0, 0.1) is 0 Å². The van der Waals surface area contributed by atoms with Gasteiger partial charge in [0.2, 0.25) is 5.95 Å². The number of nitrogens with one attached hydrogen (secondary N) is 4. The third-order valence-corrected chi connectivity index (χ3v) is 6.03. The standard InChI is InChI=1S/C27H36N8O7/c1-29-10-12-42-14-13-41-11-2-3-20(36)8-9-21(26(39)40)33-24(37)17-4-6-18(7-5-17)30-15-19-16-31-23-22(32-19)25(38)35-27(28)34-23/h4-7,16,21,29-30H,2-3,8-15H2,1H3,(H,33,37)(H,39,40)(H3,28,31,34,35,38)/t21-/m0/s1. The Morgan fingerprint density at radius 3 is 2.50 bits per heavy atom. The fourth-order valence-corrected chi connectivity index (χ4v) is 3.79. The van der Waals surface area contributed by atoms with E-state index in [4.69, 9.17) is 15.2 Å². The molecule has 15 heteroatoms. The molecule has 7 N–H and O–H groups in total. The molecule has 0 fully saturated rings. The van der Waals surface area contributed by atoms with Gasteiger partial charge in [0.1, 0.15) is 11.8 Å². The molecule has 3 rings (SSSR count). The van der Waals surface area contributed by atoms with Crippen molar-refractivity contribution in [2.75, 3.05) is 51.1 Å². The number of hydrogen-bond acceptors (Lipinski definition) is 12. The van der Waals surface area contributed by atoms with Crippen LogP contribution in [0.2, 0.25) is 0 Å². The molecule has 0 aliphatic heterocycles. The van der Waals surface area contributed by atoms with E-state index in [9.17, 15) is 24.3 Å². The van der Waals surface area contributed by atoms with Crippen LogP contribution < -0.4 is 27.2 Å². The average Bonchev–Trinajstić information content (AvgIpc) is 2.97. The summed E-state index contributed by atoms with van der Waals surface area (Å²) < 4.78 is 10.8. The number of nitrogen functional groups attached to an aromatic ring is 1. The monoisotopic (exact) mass is 584 g/mol. The topological polar surface area (TPSA) is 224 Å². The first-order valence-electron chi connectivity index (χ1n) is 13.5. The van der Waals surface area contributed by atoms with E-state index in [1.165, 1.54) is 18.3 Å². The maximum Gasteiger partial charge on any atom is 0.326 e. The molecule has 0 aliphatic rings. The Kier molecular flexibility index (Phi) is 12.8. The highest BCUT2D eigenvalue weighted by atomic mass is 16.5. The zero-order valence-electron chi connectivity index (χ0n) is 23.4. The molecule has 2 heterocycles. The molecule has 42 heavy (non-hydrogen) atoms. The Hall–Kier alpha value is -4.47. The van der Waals surface area contributed by atoms with E-state index in [2.05, 4.69) is 35.9 Å². The number of Topliss-reactive ketones (excluding diaryl/α,β-unsaturated/α-hetero) is 1. The number of ketones is 1. The van der Waals surface area contributed by atoms with E-state index in [-0.39, 0.29) is 54.3 Å². The van der Waals surface area contributed by atoms with E-state index < -0.39 is 23.5 Å². The fraction of sp³-hybridized carbons (Fsp3) is 0.444. The van der Waals surface area contributed by atoms with Gasteiger partial charge in [-0.25, -0.2) is 14.8 Å². The highest BCUT2D eigenvalue weighted by molar-refractivity contribution is 5.97. The Morgan fingerprint density at radius 2 is 1.79 bits per heavy atom. The van der Waals surface area contributed by atoms with Crippen molar-refractivity contribution in [2.24, 2.45) is 0 Å². The molecule has 0 saturated carbocycles. The number of anilines is 2. The summed E-state index contributed by atoms with van der Waals surface area (Å²) in [7, 11) is 1.84. The first kappa shape index (κ1) is 32.0. The maximum absolute atomic E-state index is 12.7. The summed E-state index contributed by atoms with van der Waals surface area (Å²) in [5.74, 6) is -1.93. The van der Waals surface area contributed by atoms with Crippen molar-refractivity contribution < 1.29 is 29.0 Å². The number of aliphatic carboxylic acids is 1. The van der Waals surface area contributed by atoms with Gasteiger partial charge in [-0.3, -0.25) is 19.4 Å². The third-order valence-electron chi connectivity index (χ3n) is 6.03. The molecule has 15 nitrogen and oxygen atoms in total. The summed E-state index contributed by atoms with van der Waals surface area (Å²) in [6.07, 6.45) is 2.27. The third kappa shape index (κ3) is 10.5. The van der Waals surface area contributed by atoms with Gasteiger partial charge in [-0.15, -0.1) is 0 Å². The molecule has 1 amide bonds. The number of aromatic amines is 1. The summed E-state index contributed by atoms with van der Waals surface area (Å²) in [6.45, 7) is 2.94. The first-order valence-corrected chi connectivity index (χ1v) is 13.5. The molecule has 0 radical (unpaired) electrons. The van der Waals surface area contributed by atoms with Gasteiger partial charge >= 0.3 is 5.97 Å². The zero-order valence-corrected chi connectivity index (χ0v) is 23.4. The lowest BCUT2D eigenvalue weighted by Crippen LogP contribution is -2.41. The van der Waals surface area contributed by atoms with Crippen LogP contribution in [0.3, 0.4) is 0 Å². The van der Waals surface area contributed by atoms with Crippen molar-refractivity contribution in [3.05, 3.63) is 52.1 Å². The number of likely N-dealkylation sites (N-methyl/N-ethyl adjacent to an activating group) is 1. The van der Waals surface area contributed by atoms with Gasteiger partial charge in [-0.05, 0) is 44.2 Å².